The van der Waals surface area contributed by atoms with Crippen LogP contribution in [0, 0.1) is 0 Å². The van der Waals surface area contributed by atoms with Crippen LogP contribution in [0.4, 0.5) is 4.79 Å². The number of rotatable bonds is 12. The van der Waals surface area contributed by atoms with Crippen LogP contribution in [0.2, 0.25) is 0 Å². The number of hydrogen-bond acceptors (Lipinski definition) is 5. The molecule has 2 amide bonds. The Morgan fingerprint density at radius 1 is 1.06 bits per heavy atom. The number of alkyl carbamates (subject to hydrolysis) is 1. The molecule has 0 unspecified atom stereocenters. The summed E-state index contributed by atoms with van der Waals surface area (Å²) in [4.78, 5) is 35.7. The van der Waals surface area contributed by atoms with Crippen LogP contribution in [0.15, 0.2) is 48.5 Å². The number of unbranched alkanes of at least 4 members (excludes halogenated alkanes) is 1. The molecule has 0 bridgehead atoms. The highest BCUT2D eigenvalue weighted by Gasteiger charge is 2.29. The lowest BCUT2D eigenvalue weighted by Crippen LogP contribution is -2.47. The van der Waals surface area contributed by atoms with Crippen molar-refractivity contribution in [2.45, 2.75) is 38.1 Å². The third kappa shape index (κ3) is 6.74. The zero-order valence-electron chi connectivity index (χ0n) is 18.7. The van der Waals surface area contributed by atoms with E-state index in [9.17, 15) is 14.4 Å². The van der Waals surface area contributed by atoms with Gasteiger partial charge in [-0.15, -0.1) is 11.8 Å². The van der Waals surface area contributed by atoms with E-state index < -0.39 is 18.1 Å². The summed E-state index contributed by atoms with van der Waals surface area (Å²) in [6.07, 6.45) is 1.57. The number of nitrogens with one attached hydrogen (secondary N) is 2. The molecule has 0 heterocycles. The molecule has 33 heavy (non-hydrogen) atoms. The van der Waals surface area contributed by atoms with Crippen LogP contribution in [0.25, 0.3) is 11.1 Å². The molecule has 176 valence electrons. The summed E-state index contributed by atoms with van der Waals surface area (Å²) < 4.78 is 5.57. The summed E-state index contributed by atoms with van der Waals surface area (Å²) in [5.41, 5.74) is 4.57. The normalized spacial score (nSPS) is 13.0. The molecule has 0 spiro atoms. The maximum atomic E-state index is 12.6. The molecule has 7 nitrogen and oxygen atoms in total. The van der Waals surface area contributed by atoms with E-state index in [1.54, 1.807) is 0 Å². The maximum Gasteiger partial charge on any atom is 0.407 e. The molecular formula is C25H30N2O5S. The maximum absolute atomic E-state index is 12.6. The number of carbonyl (C=O) groups is 3. The minimum absolute atomic E-state index is 0.00681. The smallest absolute Gasteiger partial charge is 0.407 e. The fraction of sp³-hybridized carbons (Fsp3) is 0.400. The van der Waals surface area contributed by atoms with Gasteiger partial charge in [-0.2, -0.15) is 0 Å². The first-order valence-electron chi connectivity index (χ1n) is 11.2. The number of benzene rings is 2. The fourth-order valence-electron chi connectivity index (χ4n) is 3.99. The van der Waals surface area contributed by atoms with Gasteiger partial charge in [0.2, 0.25) is 5.91 Å². The lowest BCUT2D eigenvalue weighted by Gasteiger charge is -2.19. The van der Waals surface area contributed by atoms with Gasteiger partial charge in [0.1, 0.15) is 12.6 Å². The molecule has 0 fully saturated rings. The second-order valence-electron chi connectivity index (χ2n) is 7.90. The zero-order chi connectivity index (χ0) is 23.6. The first-order valence-corrected chi connectivity index (χ1v) is 12.4. The van der Waals surface area contributed by atoms with E-state index in [4.69, 9.17) is 9.84 Å². The monoisotopic (exact) mass is 470 g/mol. The van der Waals surface area contributed by atoms with E-state index in [1.165, 1.54) is 11.8 Å². The SMILES string of the molecule is CCCC[C@H](NC(=O)OCC1c2ccccc2-c2ccccc21)C(=O)NCCSCC(=O)O. The molecule has 0 saturated carbocycles. The molecular weight excluding hydrogens is 440 g/mol. The minimum Gasteiger partial charge on any atom is -0.481 e. The van der Waals surface area contributed by atoms with E-state index >= 15 is 0 Å². The molecule has 2 aromatic rings. The Morgan fingerprint density at radius 3 is 2.30 bits per heavy atom. The topological polar surface area (TPSA) is 105 Å². The molecule has 8 heteroatoms. The number of carbonyl (C=O) groups excluding carboxylic acids is 2. The highest BCUT2D eigenvalue weighted by atomic mass is 32.2. The lowest BCUT2D eigenvalue weighted by molar-refractivity contribution is -0.133. The molecule has 3 N–H and O–H groups in total. The van der Waals surface area contributed by atoms with Gasteiger partial charge in [-0.1, -0.05) is 68.3 Å². The number of ether oxygens (including phenoxy) is 1. The van der Waals surface area contributed by atoms with Crippen LogP contribution in [-0.2, 0) is 14.3 Å². The van der Waals surface area contributed by atoms with E-state index in [-0.39, 0.29) is 24.2 Å². The van der Waals surface area contributed by atoms with Crippen molar-refractivity contribution >= 4 is 29.7 Å². The Kier molecular flexibility index (Phi) is 9.18. The first kappa shape index (κ1) is 24.6. The fourth-order valence-corrected chi connectivity index (χ4v) is 4.55. The Balaban J connectivity index is 1.55. The largest absolute Gasteiger partial charge is 0.481 e. The van der Waals surface area contributed by atoms with Crippen LogP contribution < -0.4 is 10.6 Å². The van der Waals surface area contributed by atoms with Crippen molar-refractivity contribution in [3.63, 3.8) is 0 Å². The number of hydrogen-bond donors (Lipinski definition) is 3. The number of carboxylic acids is 1. The van der Waals surface area contributed by atoms with E-state index in [0.717, 1.165) is 35.1 Å². The van der Waals surface area contributed by atoms with Crippen molar-refractivity contribution in [3.8, 4) is 11.1 Å². The van der Waals surface area contributed by atoms with Crippen molar-refractivity contribution in [2.24, 2.45) is 0 Å². The predicted octanol–water partition coefficient (Wildman–Crippen LogP) is 4.02. The number of carboxylic acid groups (broad SMARTS) is 1. The lowest BCUT2D eigenvalue weighted by atomic mass is 9.98. The Morgan fingerprint density at radius 2 is 1.70 bits per heavy atom. The molecule has 0 aromatic heterocycles. The zero-order valence-corrected chi connectivity index (χ0v) is 19.5. The van der Waals surface area contributed by atoms with Gasteiger partial charge < -0.3 is 20.5 Å². The van der Waals surface area contributed by atoms with Gasteiger partial charge in [0.05, 0.1) is 5.75 Å². The summed E-state index contributed by atoms with van der Waals surface area (Å²) in [5.74, 6) is -0.731. The average molecular weight is 471 g/mol. The van der Waals surface area contributed by atoms with E-state index in [1.807, 2.05) is 31.2 Å². The molecule has 2 aromatic carbocycles. The molecule has 0 aliphatic heterocycles. The standard InChI is InChI=1S/C25H30N2O5S/c1-2-3-12-22(24(30)26-13-14-33-16-23(28)29)27-25(31)32-15-21-19-10-6-4-8-17(19)18-9-5-7-11-20(18)21/h4-11,21-22H,2-3,12-16H2,1H3,(H,26,30)(H,27,31)(H,28,29)/t22-/m0/s1. The third-order valence-electron chi connectivity index (χ3n) is 5.57. The highest BCUT2D eigenvalue weighted by molar-refractivity contribution is 7.99. The van der Waals surface area contributed by atoms with Gasteiger partial charge in [0.25, 0.3) is 0 Å². The summed E-state index contributed by atoms with van der Waals surface area (Å²) in [7, 11) is 0. The molecule has 1 atom stereocenters. The van der Waals surface area contributed by atoms with Crippen molar-refractivity contribution in [1.82, 2.24) is 10.6 Å². The van der Waals surface area contributed by atoms with Gasteiger partial charge in [0, 0.05) is 18.2 Å². The molecule has 0 radical (unpaired) electrons. The van der Waals surface area contributed by atoms with Crippen molar-refractivity contribution in [1.29, 1.82) is 0 Å². The average Bonchev–Trinajstić information content (AvgIpc) is 3.13. The first-order chi connectivity index (χ1) is 16.0. The summed E-state index contributed by atoms with van der Waals surface area (Å²) >= 11 is 1.23. The van der Waals surface area contributed by atoms with Crippen LogP contribution in [0.5, 0.6) is 0 Å². The van der Waals surface area contributed by atoms with Crippen LogP contribution in [0.3, 0.4) is 0 Å². The molecule has 1 aliphatic rings. The quantitative estimate of drug-likeness (QED) is 0.405. The molecule has 1 aliphatic carbocycles. The molecule has 0 saturated heterocycles. The Hall–Kier alpha value is -3.00. The summed E-state index contributed by atoms with van der Waals surface area (Å²) in [5, 5.41) is 14.2. The Labute approximate surface area is 198 Å². The van der Waals surface area contributed by atoms with Crippen molar-refractivity contribution < 1.29 is 24.2 Å². The second-order valence-corrected chi connectivity index (χ2v) is 9.01. The molecule has 3 rings (SSSR count). The third-order valence-corrected chi connectivity index (χ3v) is 6.51. The van der Waals surface area contributed by atoms with Gasteiger partial charge in [0.15, 0.2) is 0 Å². The van der Waals surface area contributed by atoms with Crippen LogP contribution >= 0.6 is 11.8 Å². The van der Waals surface area contributed by atoms with Gasteiger partial charge in [-0.25, -0.2) is 4.79 Å². The van der Waals surface area contributed by atoms with Gasteiger partial charge in [-0.3, -0.25) is 9.59 Å². The van der Waals surface area contributed by atoms with Crippen molar-refractivity contribution in [2.75, 3.05) is 24.7 Å². The number of aliphatic carboxylic acids is 1. The number of fused-ring (bicyclic) bond motifs is 3. The summed E-state index contributed by atoms with van der Waals surface area (Å²) in [6.45, 7) is 2.55. The second kappa shape index (κ2) is 12.3. The number of amides is 2. The van der Waals surface area contributed by atoms with E-state index in [0.29, 0.717) is 18.7 Å². The Bertz CT molecular complexity index is 935. The number of thioether (sulfide) groups is 1. The predicted molar refractivity (Wildman–Crippen MR) is 129 cm³/mol. The highest BCUT2D eigenvalue weighted by Crippen LogP contribution is 2.44. The minimum atomic E-state index is -0.885. The van der Waals surface area contributed by atoms with Gasteiger partial charge >= 0.3 is 12.1 Å². The van der Waals surface area contributed by atoms with Crippen LogP contribution in [0.1, 0.15) is 43.2 Å². The van der Waals surface area contributed by atoms with Crippen LogP contribution in [-0.4, -0.2) is 53.8 Å². The summed E-state index contributed by atoms with van der Waals surface area (Å²) in [6, 6.07) is 15.6. The van der Waals surface area contributed by atoms with Gasteiger partial charge in [-0.05, 0) is 28.7 Å². The van der Waals surface area contributed by atoms with Crippen molar-refractivity contribution in [3.05, 3.63) is 59.7 Å². The van der Waals surface area contributed by atoms with E-state index in [2.05, 4.69) is 34.9 Å².